The molecule has 32 heavy (non-hydrogen) atoms. The molecule has 3 aromatic rings. The maximum absolute atomic E-state index is 13.9. The van der Waals surface area contributed by atoms with Crippen molar-refractivity contribution in [2.24, 2.45) is 0 Å². The van der Waals surface area contributed by atoms with E-state index in [1.165, 1.54) is 38.5 Å². The fraction of sp³-hybridized carbons (Fsp3) is 0.367. The number of esters is 1. The van der Waals surface area contributed by atoms with E-state index in [9.17, 15) is 4.79 Å². The molecule has 0 unspecified atom stereocenters. The van der Waals surface area contributed by atoms with E-state index in [1.807, 2.05) is 66.7 Å². The van der Waals surface area contributed by atoms with Crippen LogP contribution in [0.1, 0.15) is 75.8 Å². The molecule has 0 heterocycles. The van der Waals surface area contributed by atoms with Crippen LogP contribution in [0.25, 0.3) is 0 Å². The van der Waals surface area contributed by atoms with E-state index < -0.39 is 5.41 Å². The van der Waals surface area contributed by atoms with Gasteiger partial charge in [-0.3, -0.25) is 4.79 Å². The zero-order chi connectivity index (χ0) is 22.5. The van der Waals surface area contributed by atoms with Crippen LogP contribution in [-0.2, 0) is 10.2 Å². The maximum atomic E-state index is 13.9. The van der Waals surface area contributed by atoms with E-state index >= 15 is 0 Å². The lowest BCUT2D eigenvalue weighted by Crippen LogP contribution is -2.40. The van der Waals surface area contributed by atoms with Crippen LogP contribution in [0.15, 0.2) is 91.0 Å². The van der Waals surface area contributed by atoms with Crippen molar-refractivity contribution in [3.05, 3.63) is 102 Å². The highest BCUT2D eigenvalue weighted by Gasteiger charge is 2.43. The van der Waals surface area contributed by atoms with Crippen molar-refractivity contribution >= 4 is 5.97 Å². The molecule has 0 N–H and O–H groups in total. The van der Waals surface area contributed by atoms with E-state index in [0.29, 0.717) is 5.75 Å². The van der Waals surface area contributed by atoms with Gasteiger partial charge in [-0.1, -0.05) is 137 Å². The van der Waals surface area contributed by atoms with Crippen LogP contribution < -0.4 is 4.74 Å². The minimum Gasteiger partial charge on any atom is -0.426 e. The van der Waals surface area contributed by atoms with Gasteiger partial charge in [-0.05, 0) is 29.7 Å². The average molecular weight is 429 g/mol. The first kappa shape index (κ1) is 23.8. The number of ether oxygens (including phenoxy) is 1. The Morgan fingerprint density at radius 1 is 0.625 bits per heavy atom. The highest BCUT2D eigenvalue weighted by atomic mass is 16.5. The molecule has 168 valence electrons. The lowest BCUT2D eigenvalue weighted by Gasteiger charge is -2.33. The minimum atomic E-state index is -0.819. The van der Waals surface area contributed by atoms with Crippen LogP contribution in [-0.4, -0.2) is 5.97 Å². The van der Waals surface area contributed by atoms with Crippen molar-refractivity contribution in [3.63, 3.8) is 0 Å². The Bertz CT molecular complexity index is 864. The van der Waals surface area contributed by atoms with E-state index in [0.717, 1.165) is 30.4 Å². The SMILES string of the molecule is CCCCCCCCCCC(C(=O)Oc1ccccc1)(c1ccccc1)c1ccccc1. The van der Waals surface area contributed by atoms with E-state index in [4.69, 9.17) is 4.74 Å². The summed E-state index contributed by atoms with van der Waals surface area (Å²) in [5.74, 6) is 0.383. The predicted molar refractivity (Wildman–Crippen MR) is 133 cm³/mol. The van der Waals surface area contributed by atoms with Gasteiger partial charge in [0, 0.05) is 0 Å². The fourth-order valence-electron chi connectivity index (χ4n) is 4.45. The molecule has 3 aromatic carbocycles. The summed E-state index contributed by atoms with van der Waals surface area (Å²) >= 11 is 0. The molecule has 0 saturated carbocycles. The Balaban J connectivity index is 1.84. The van der Waals surface area contributed by atoms with Crippen molar-refractivity contribution in [1.82, 2.24) is 0 Å². The van der Waals surface area contributed by atoms with E-state index in [-0.39, 0.29) is 5.97 Å². The highest BCUT2D eigenvalue weighted by Crippen LogP contribution is 2.39. The van der Waals surface area contributed by atoms with Crippen molar-refractivity contribution in [3.8, 4) is 5.75 Å². The van der Waals surface area contributed by atoms with E-state index in [2.05, 4.69) is 31.2 Å². The monoisotopic (exact) mass is 428 g/mol. The molecule has 0 aliphatic heterocycles. The maximum Gasteiger partial charge on any atom is 0.326 e. The van der Waals surface area contributed by atoms with E-state index in [1.54, 1.807) is 0 Å². The van der Waals surface area contributed by atoms with Crippen LogP contribution in [0.3, 0.4) is 0 Å². The van der Waals surface area contributed by atoms with Crippen LogP contribution in [0.4, 0.5) is 0 Å². The molecular formula is C30H36O2. The van der Waals surface area contributed by atoms with Gasteiger partial charge in [0.25, 0.3) is 0 Å². The molecule has 0 aliphatic carbocycles. The van der Waals surface area contributed by atoms with Crippen molar-refractivity contribution in [2.75, 3.05) is 0 Å². The number of hydrogen-bond donors (Lipinski definition) is 0. The molecule has 0 bridgehead atoms. The lowest BCUT2D eigenvalue weighted by molar-refractivity contribution is -0.139. The number of carbonyl (C=O) groups is 1. The summed E-state index contributed by atoms with van der Waals surface area (Å²) in [5.41, 5.74) is 1.17. The molecule has 3 rings (SSSR count). The first-order valence-corrected chi connectivity index (χ1v) is 12.2. The molecule has 0 saturated heterocycles. The summed E-state index contributed by atoms with van der Waals surface area (Å²) < 4.78 is 5.97. The first-order chi connectivity index (χ1) is 15.8. The molecule has 0 atom stereocenters. The number of carbonyl (C=O) groups excluding carboxylic acids is 1. The van der Waals surface area contributed by atoms with Gasteiger partial charge in [-0.25, -0.2) is 0 Å². The fourth-order valence-corrected chi connectivity index (χ4v) is 4.45. The third-order valence-electron chi connectivity index (χ3n) is 6.24. The van der Waals surface area contributed by atoms with Crippen LogP contribution >= 0.6 is 0 Å². The summed E-state index contributed by atoms with van der Waals surface area (Å²) in [7, 11) is 0. The Hall–Kier alpha value is -2.87. The number of unbranched alkanes of at least 4 members (excludes halogenated alkanes) is 7. The number of para-hydroxylation sites is 1. The van der Waals surface area contributed by atoms with Gasteiger partial charge in [0.2, 0.25) is 0 Å². The third kappa shape index (κ3) is 6.32. The van der Waals surface area contributed by atoms with Crippen LogP contribution in [0.2, 0.25) is 0 Å². The second-order valence-electron chi connectivity index (χ2n) is 8.56. The number of rotatable bonds is 13. The summed E-state index contributed by atoms with van der Waals surface area (Å²) in [6.45, 7) is 2.25. The molecule has 0 amide bonds. The van der Waals surface area contributed by atoms with Crippen LogP contribution in [0, 0.1) is 0 Å². The molecule has 2 nitrogen and oxygen atoms in total. The topological polar surface area (TPSA) is 26.3 Å². The smallest absolute Gasteiger partial charge is 0.326 e. The first-order valence-electron chi connectivity index (χ1n) is 12.2. The van der Waals surface area contributed by atoms with Crippen molar-refractivity contribution < 1.29 is 9.53 Å². The normalized spacial score (nSPS) is 11.3. The zero-order valence-corrected chi connectivity index (χ0v) is 19.3. The summed E-state index contributed by atoms with van der Waals surface area (Å²) in [4.78, 5) is 13.9. The third-order valence-corrected chi connectivity index (χ3v) is 6.24. The number of hydrogen-bond acceptors (Lipinski definition) is 2. The molecule has 2 heteroatoms. The summed E-state index contributed by atoms with van der Waals surface area (Å²) in [5, 5.41) is 0. The Morgan fingerprint density at radius 2 is 1.06 bits per heavy atom. The highest BCUT2D eigenvalue weighted by molar-refractivity contribution is 5.89. The molecule has 0 aliphatic rings. The molecule has 0 radical (unpaired) electrons. The van der Waals surface area contributed by atoms with Gasteiger partial charge in [0.1, 0.15) is 11.2 Å². The molecule has 0 spiro atoms. The Kier molecular flexibility index (Phi) is 9.56. The Labute approximate surface area is 193 Å². The van der Waals surface area contributed by atoms with Gasteiger partial charge in [-0.2, -0.15) is 0 Å². The van der Waals surface area contributed by atoms with Crippen LogP contribution in [0.5, 0.6) is 5.75 Å². The average Bonchev–Trinajstić information content (AvgIpc) is 2.85. The largest absolute Gasteiger partial charge is 0.426 e. The van der Waals surface area contributed by atoms with Gasteiger partial charge >= 0.3 is 5.97 Å². The van der Waals surface area contributed by atoms with Gasteiger partial charge in [0.15, 0.2) is 0 Å². The molecule has 0 fully saturated rings. The predicted octanol–water partition coefficient (Wildman–Crippen LogP) is 8.11. The minimum absolute atomic E-state index is 0.205. The van der Waals surface area contributed by atoms with Gasteiger partial charge < -0.3 is 4.74 Å². The van der Waals surface area contributed by atoms with Gasteiger partial charge in [-0.15, -0.1) is 0 Å². The Morgan fingerprint density at radius 3 is 1.56 bits per heavy atom. The van der Waals surface area contributed by atoms with Gasteiger partial charge in [0.05, 0.1) is 0 Å². The second kappa shape index (κ2) is 12.9. The molecular weight excluding hydrogens is 392 g/mol. The lowest BCUT2D eigenvalue weighted by atomic mass is 9.71. The zero-order valence-electron chi connectivity index (χ0n) is 19.3. The summed E-state index contributed by atoms with van der Waals surface area (Å²) in [6.07, 6.45) is 10.6. The number of benzene rings is 3. The second-order valence-corrected chi connectivity index (χ2v) is 8.56. The summed E-state index contributed by atoms with van der Waals surface area (Å²) in [6, 6.07) is 29.7. The van der Waals surface area contributed by atoms with Crippen molar-refractivity contribution in [1.29, 1.82) is 0 Å². The quantitative estimate of drug-likeness (QED) is 0.156. The van der Waals surface area contributed by atoms with Crippen molar-refractivity contribution in [2.45, 2.75) is 70.1 Å². The molecule has 0 aromatic heterocycles. The standard InChI is InChI=1S/C30H36O2/c1-2-3-4-5-6-7-8-18-25-30(26-19-12-9-13-20-26,27-21-14-10-15-22-27)29(31)32-28-23-16-11-17-24-28/h9-17,19-24H,2-8,18,25H2,1H3.